The lowest BCUT2D eigenvalue weighted by atomic mass is 10.1. The van der Waals surface area contributed by atoms with Gasteiger partial charge in [-0.2, -0.15) is 5.10 Å². The first-order valence-electron chi connectivity index (χ1n) is 12.1. The first-order valence-corrected chi connectivity index (χ1v) is 12.1. The van der Waals surface area contributed by atoms with E-state index in [9.17, 15) is 9.50 Å². The number of aromatic nitrogens is 2. The monoisotopic (exact) mass is 489 g/mol. The van der Waals surface area contributed by atoms with Crippen LogP contribution in [-0.2, 0) is 17.7 Å². The average Bonchev–Trinajstić information content (AvgIpc) is 3.25. The minimum absolute atomic E-state index is 0.372. The van der Waals surface area contributed by atoms with E-state index in [2.05, 4.69) is 4.90 Å². The summed E-state index contributed by atoms with van der Waals surface area (Å²) < 4.78 is 27.4. The molecule has 188 valence electrons. The standard InChI is InChI=1S/C29H32FN3O3/c1-3-27-26(20-32(17-18-35-2)21-28(34)22-11-6-4-7-12-22)29(36-25-16-10-13-23(30)19-25)33(31-27)24-14-8-5-9-15-24/h4-16,19,28,34H,3,17-18,20-21H2,1-2H3. The summed E-state index contributed by atoms with van der Waals surface area (Å²) in [7, 11) is 1.66. The van der Waals surface area contributed by atoms with Gasteiger partial charge in [0.25, 0.3) is 0 Å². The molecule has 4 aromatic rings. The number of aliphatic hydroxyl groups is 1. The van der Waals surface area contributed by atoms with Gasteiger partial charge in [0.05, 0.1) is 29.7 Å². The van der Waals surface area contributed by atoms with E-state index in [1.807, 2.05) is 67.6 Å². The zero-order valence-electron chi connectivity index (χ0n) is 20.7. The zero-order valence-corrected chi connectivity index (χ0v) is 20.7. The van der Waals surface area contributed by atoms with Gasteiger partial charge in [0, 0.05) is 32.8 Å². The Morgan fingerprint density at radius 3 is 2.39 bits per heavy atom. The number of benzene rings is 3. The number of aliphatic hydroxyl groups excluding tert-OH is 1. The van der Waals surface area contributed by atoms with Crippen molar-refractivity contribution in [2.45, 2.75) is 26.0 Å². The Morgan fingerprint density at radius 1 is 1.00 bits per heavy atom. The number of rotatable bonds is 12. The van der Waals surface area contributed by atoms with Crippen molar-refractivity contribution in [1.82, 2.24) is 14.7 Å². The van der Waals surface area contributed by atoms with Crippen molar-refractivity contribution in [3.8, 4) is 17.3 Å². The summed E-state index contributed by atoms with van der Waals surface area (Å²) in [5.41, 5.74) is 3.47. The highest BCUT2D eigenvalue weighted by molar-refractivity contribution is 5.43. The molecule has 0 radical (unpaired) electrons. The molecule has 0 aliphatic rings. The van der Waals surface area contributed by atoms with Crippen LogP contribution in [0.1, 0.15) is 29.8 Å². The largest absolute Gasteiger partial charge is 0.438 e. The van der Waals surface area contributed by atoms with Gasteiger partial charge in [-0.15, -0.1) is 0 Å². The van der Waals surface area contributed by atoms with Crippen LogP contribution < -0.4 is 4.74 Å². The first-order chi connectivity index (χ1) is 17.6. The van der Waals surface area contributed by atoms with E-state index in [4.69, 9.17) is 14.6 Å². The number of hydrogen-bond acceptors (Lipinski definition) is 5. The molecule has 3 aromatic carbocycles. The first kappa shape index (κ1) is 25.6. The molecule has 0 fully saturated rings. The molecule has 4 rings (SSSR count). The molecule has 0 spiro atoms. The summed E-state index contributed by atoms with van der Waals surface area (Å²) >= 11 is 0. The number of nitrogens with zero attached hydrogens (tertiary/aromatic N) is 3. The maximum absolute atomic E-state index is 14.0. The van der Waals surface area contributed by atoms with Crippen molar-refractivity contribution in [3.63, 3.8) is 0 Å². The zero-order chi connectivity index (χ0) is 25.3. The van der Waals surface area contributed by atoms with Crippen molar-refractivity contribution in [2.75, 3.05) is 26.8 Å². The van der Waals surface area contributed by atoms with Gasteiger partial charge >= 0.3 is 0 Å². The summed E-state index contributed by atoms with van der Waals surface area (Å²) in [4.78, 5) is 2.13. The molecular weight excluding hydrogens is 457 g/mol. The van der Waals surface area contributed by atoms with Crippen molar-refractivity contribution >= 4 is 0 Å². The van der Waals surface area contributed by atoms with Crippen LogP contribution in [-0.4, -0.2) is 46.6 Å². The number of methoxy groups -OCH3 is 1. The molecule has 0 saturated heterocycles. The van der Waals surface area contributed by atoms with E-state index >= 15 is 0 Å². The minimum atomic E-state index is -0.662. The maximum atomic E-state index is 14.0. The molecular formula is C29H32FN3O3. The Labute approximate surface area is 211 Å². The molecule has 7 heteroatoms. The Balaban J connectivity index is 1.72. The van der Waals surface area contributed by atoms with Crippen LogP contribution in [0.15, 0.2) is 84.9 Å². The van der Waals surface area contributed by atoms with E-state index in [1.54, 1.807) is 23.9 Å². The van der Waals surface area contributed by atoms with E-state index in [1.165, 1.54) is 12.1 Å². The fourth-order valence-electron chi connectivity index (χ4n) is 4.12. The smallest absolute Gasteiger partial charge is 0.227 e. The summed E-state index contributed by atoms with van der Waals surface area (Å²) in [6, 6.07) is 25.4. The third-order valence-corrected chi connectivity index (χ3v) is 5.97. The number of para-hydroxylation sites is 1. The van der Waals surface area contributed by atoms with Crippen molar-refractivity contribution in [1.29, 1.82) is 0 Å². The molecule has 0 aliphatic heterocycles. The average molecular weight is 490 g/mol. The highest BCUT2D eigenvalue weighted by Gasteiger charge is 2.24. The second-order valence-electron chi connectivity index (χ2n) is 8.55. The number of hydrogen-bond donors (Lipinski definition) is 1. The molecule has 0 saturated carbocycles. The molecule has 0 amide bonds. The van der Waals surface area contributed by atoms with Crippen molar-refractivity contribution < 1.29 is 19.0 Å². The molecule has 1 heterocycles. The fraction of sp³-hybridized carbons (Fsp3) is 0.276. The molecule has 1 atom stereocenters. The maximum Gasteiger partial charge on any atom is 0.227 e. The fourth-order valence-corrected chi connectivity index (χ4v) is 4.12. The predicted molar refractivity (Wildman–Crippen MR) is 138 cm³/mol. The summed E-state index contributed by atoms with van der Waals surface area (Å²) in [6.45, 7) is 4.06. The number of halogens is 1. The lowest BCUT2D eigenvalue weighted by molar-refractivity contribution is 0.0844. The van der Waals surface area contributed by atoms with Gasteiger partial charge < -0.3 is 14.6 Å². The van der Waals surface area contributed by atoms with Crippen LogP contribution in [0.2, 0.25) is 0 Å². The van der Waals surface area contributed by atoms with E-state index in [-0.39, 0.29) is 5.82 Å². The topological polar surface area (TPSA) is 59.8 Å². The Kier molecular flexibility index (Phi) is 8.84. The van der Waals surface area contributed by atoms with Gasteiger partial charge in [-0.25, -0.2) is 9.07 Å². The van der Waals surface area contributed by atoms with Gasteiger partial charge in [0.15, 0.2) is 0 Å². The molecule has 36 heavy (non-hydrogen) atoms. The van der Waals surface area contributed by atoms with Gasteiger partial charge in [0.1, 0.15) is 11.6 Å². The van der Waals surface area contributed by atoms with Gasteiger partial charge in [0.2, 0.25) is 5.88 Å². The summed E-state index contributed by atoms with van der Waals surface area (Å²) in [6.07, 6.45) is 0.0264. The molecule has 0 aliphatic carbocycles. The highest BCUT2D eigenvalue weighted by atomic mass is 19.1. The quantitative estimate of drug-likeness (QED) is 0.283. The lowest BCUT2D eigenvalue weighted by Gasteiger charge is -2.25. The minimum Gasteiger partial charge on any atom is -0.438 e. The van der Waals surface area contributed by atoms with E-state index in [0.717, 1.165) is 22.5 Å². The van der Waals surface area contributed by atoms with Gasteiger partial charge in [-0.1, -0.05) is 61.5 Å². The summed E-state index contributed by atoms with van der Waals surface area (Å²) in [5, 5.41) is 15.8. The Morgan fingerprint density at radius 2 is 1.72 bits per heavy atom. The lowest BCUT2D eigenvalue weighted by Crippen LogP contribution is -2.31. The molecule has 0 bridgehead atoms. The second kappa shape index (κ2) is 12.4. The van der Waals surface area contributed by atoms with Crippen LogP contribution >= 0.6 is 0 Å². The van der Waals surface area contributed by atoms with Crippen LogP contribution in [0.5, 0.6) is 11.6 Å². The third kappa shape index (κ3) is 6.37. The van der Waals surface area contributed by atoms with Crippen LogP contribution in [0.25, 0.3) is 5.69 Å². The van der Waals surface area contributed by atoms with Crippen molar-refractivity contribution in [2.24, 2.45) is 0 Å². The summed E-state index contributed by atoms with van der Waals surface area (Å²) in [5.74, 6) is 0.548. The molecule has 1 aromatic heterocycles. The van der Waals surface area contributed by atoms with E-state index < -0.39 is 6.10 Å². The van der Waals surface area contributed by atoms with Crippen LogP contribution in [0.3, 0.4) is 0 Å². The molecule has 6 nitrogen and oxygen atoms in total. The number of ether oxygens (including phenoxy) is 2. The Hall–Kier alpha value is -3.52. The highest BCUT2D eigenvalue weighted by Crippen LogP contribution is 2.33. The third-order valence-electron chi connectivity index (χ3n) is 5.97. The van der Waals surface area contributed by atoms with Crippen LogP contribution in [0.4, 0.5) is 4.39 Å². The normalized spacial score (nSPS) is 12.1. The van der Waals surface area contributed by atoms with Gasteiger partial charge in [-0.05, 0) is 36.2 Å². The van der Waals surface area contributed by atoms with Gasteiger partial charge in [-0.3, -0.25) is 4.90 Å². The molecule has 1 unspecified atom stereocenters. The second-order valence-corrected chi connectivity index (χ2v) is 8.55. The van der Waals surface area contributed by atoms with Crippen molar-refractivity contribution in [3.05, 3.63) is 108 Å². The van der Waals surface area contributed by atoms with Crippen LogP contribution in [0, 0.1) is 5.82 Å². The Bertz CT molecular complexity index is 1230. The molecule has 1 N–H and O–H groups in total. The predicted octanol–water partition coefficient (Wildman–Crippen LogP) is 5.55. The SMILES string of the molecule is CCc1nn(-c2ccccc2)c(Oc2cccc(F)c2)c1CN(CCOC)CC(O)c1ccccc1. The van der Waals surface area contributed by atoms with E-state index in [0.29, 0.717) is 44.3 Å². The number of aryl methyl sites for hydroxylation is 1.